The van der Waals surface area contributed by atoms with Gasteiger partial charge >= 0.3 is 10.3 Å². The van der Waals surface area contributed by atoms with Crippen molar-refractivity contribution in [2.45, 2.75) is 24.6 Å². The van der Waals surface area contributed by atoms with Crippen LogP contribution < -0.4 is 4.72 Å². The molecule has 0 amide bonds. The van der Waals surface area contributed by atoms with E-state index in [0.717, 1.165) is 25.0 Å². The second-order valence-electron chi connectivity index (χ2n) is 2.45. The lowest BCUT2D eigenvalue weighted by atomic mass is 10.2. The molecule has 1 fully saturated rings. The first-order valence-electron chi connectivity index (χ1n) is 3.44. The van der Waals surface area contributed by atoms with Crippen molar-refractivity contribution < 1.29 is 13.0 Å². The molecule has 1 aliphatic heterocycles. The maximum absolute atomic E-state index is 10.3. The zero-order valence-electron chi connectivity index (χ0n) is 5.99. The van der Waals surface area contributed by atoms with Gasteiger partial charge in [0.05, 0.1) is 5.37 Å². The van der Waals surface area contributed by atoms with Crippen molar-refractivity contribution in [3.8, 4) is 0 Å². The van der Waals surface area contributed by atoms with Crippen LogP contribution in [-0.2, 0) is 10.3 Å². The molecule has 66 valence electrons. The van der Waals surface area contributed by atoms with Gasteiger partial charge in [0.1, 0.15) is 0 Å². The van der Waals surface area contributed by atoms with Crippen LogP contribution in [0.4, 0.5) is 0 Å². The van der Waals surface area contributed by atoms with Gasteiger partial charge in [-0.1, -0.05) is 6.42 Å². The lowest BCUT2D eigenvalue weighted by Crippen LogP contribution is -2.33. The first kappa shape index (κ1) is 9.31. The summed E-state index contributed by atoms with van der Waals surface area (Å²) < 4.78 is 31.2. The number of hydrogen-bond donors (Lipinski definition) is 2. The quantitative estimate of drug-likeness (QED) is 0.637. The topological polar surface area (TPSA) is 66.4 Å². The molecular weight excluding hydrogens is 186 g/mol. The first-order valence-corrected chi connectivity index (χ1v) is 5.93. The van der Waals surface area contributed by atoms with Crippen LogP contribution in [0.15, 0.2) is 0 Å². The van der Waals surface area contributed by atoms with Gasteiger partial charge < -0.3 is 0 Å². The zero-order chi connectivity index (χ0) is 8.32. The van der Waals surface area contributed by atoms with Gasteiger partial charge in [-0.15, -0.1) is 11.8 Å². The van der Waals surface area contributed by atoms with E-state index in [9.17, 15) is 8.42 Å². The van der Waals surface area contributed by atoms with Crippen LogP contribution in [-0.4, -0.2) is 24.1 Å². The molecule has 1 atom stereocenters. The highest BCUT2D eigenvalue weighted by Gasteiger charge is 2.17. The lowest BCUT2D eigenvalue weighted by molar-refractivity contribution is 0.460. The van der Waals surface area contributed by atoms with Crippen molar-refractivity contribution >= 4 is 22.1 Å². The van der Waals surface area contributed by atoms with Crippen LogP contribution >= 0.6 is 11.8 Å². The Hall–Kier alpha value is 0.220. The Morgan fingerprint density at radius 2 is 2.18 bits per heavy atom. The van der Waals surface area contributed by atoms with Gasteiger partial charge in [-0.05, 0) is 18.6 Å². The number of thioether (sulfide) groups is 1. The van der Waals surface area contributed by atoms with Gasteiger partial charge in [-0.25, -0.2) is 0 Å². The average molecular weight is 197 g/mol. The molecule has 0 aromatic carbocycles. The summed E-state index contributed by atoms with van der Waals surface area (Å²) in [5.41, 5.74) is 0. The van der Waals surface area contributed by atoms with Gasteiger partial charge in [0.2, 0.25) is 0 Å². The standard InChI is InChI=1S/C5H11NO3S2/c7-11(8,9)6-5-3-1-2-4-10-5/h5-6H,1-4H2,(H,7,8,9). The van der Waals surface area contributed by atoms with Crippen LogP contribution in [0.5, 0.6) is 0 Å². The van der Waals surface area contributed by atoms with Gasteiger partial charge in [0.15, 0.2) is 0 Å². The van der Waals surface area contributed by atoms with E-state index >= 15 is 0 Å². The van der Waals surface area contributed by atoms with Crippen LogP contribution in [0.1, 0.15) is 19.3 Å². The minimum Gasteiger partial charge on any atom is -0.273 e. The Morgan fingerprint density at radius 1 is 1.45 bits per heavy atom. The normalized spacial score (nSPS) is 26.8. The minimum atomic E-state index is -3.99. The number of nitrogens with one attached hydrogen (secondary N) is 1. The second-order valence-corrected chi connectivity index (χ2v) is 4.94. The zero-order valence-corrected chi connectivity index (χ0v) is 7.62. The molecule has 0 aromatic heterocycles. The Bertz CT molecular complexity index is 208. The Kier molecular flexibility index (Phi) is 3.17. The van der Waals surface area contributed by atoms with E-state index in [2.05, 4.69) is 4.72 Å². The molecule has 0 radical (unpaired) electrons. The van der Waals surface area contributed by atoms with Gasteiger partial charge in [0, 0.05) is 0 Å². The van der Waals surface area contributed by atoms with Crippen molar-refractivity contribution in [2.24, 2.45) is 0 Å². The highest BCUT2D eigenvalue weighted by atomic mass is 32.2. The molecule has 1 rings (SSSR count). The summed E-state index contributed by atoms with van der Waals surface area (Å²) in [6, 6.07) is 0. The van der Waals surface area contributed by atoms with E-state index in [-0.39, 0.29) is 5.37 Å². The predicted molar refractivity (Wildman–Crippen MR) is 44.8 cm³/mol. The van der Waals surface area contributed by atoms with Crippen LogP contribution in [0.2, 0.25) is 0 Å². The highest BCUT2D eigenvalue weighted by Crippen LogP contribution is 2.22. The van der Waals surface area contributed by atoms with Crippen molar-refractivity contribution in [1.29, 1.82) is 0 Å². The van der Waals surface area contributed by atoms with E-state index in [4.69, 9.17) is 4.55 Å². The number of hydrogen-bond acceptors (Lipinski definition) is 3. The molecule has 6 heteroatoms. The number of rotatable bonds is 2. The highest BCUT2D eigenvalue weighted by molar-refractivity contribution is 8.00. The fraction of sp³-hybridized carbons (Fsp3) is 1.00. The molecule has 0 bridgehead atoms. The summed E-state index contributed by atoms with van der Waals surface area (Å²) in [4.78, 5) is 0. The summed E-state index contributed by atoms with van der Waals surface area (Å²) in [7, 11) is -3.99. The van der Waals surface area contributed by atoms with E-state index in [1.165, 1.54) is 11.8 Å². The fourth-order valence-electron chi connectivity index (χ4n) is 1.000. The predicted octanol–water partition coefficient (Wildman–Crippen LogP) is 0.622. The third-order valence-corrected chi connectivity index (χ3v) is 3.47. The maximum Gasteiger partial charge on any atom is 0.334 e. The van der Waals surface area contributed by atoms with E-state index in [0.29, 0.717) is 0 Å². The fourth-order valence-corrected chi connectivity index (χ4v) is 3.08. The minimum absolute atomic E-state index is 0.126. The first-order chi connectivity index (χ1) is 5.08. The molecule has 2 N–H and O–H groups in total. The monoisotopic (exact) mass is 197 g/mol. The summed E-state index contributed by atoms with van der Waals surface area (Å²) in [5.74, 6) is 0.965. The third-order valence-electron chi connectivity index (χ3n) is 1.46. The molecule has 1 aliphatic rings. The average Bonchev–Trinajstić information content (AvgIpc) is 1.85. The van der Waals surface area contributed by atoms with Gasteiger partial charge in [0.25, 0.3) is 0 Å². The SMILES string of the molecule is O=S(=O)(O)NC1CCCCS1. The largest absolute Gasteiger partial charge is 0.334 e. The molecule has 0 aromatic rings. The molecule has 1 heterocycles. The van der Waals surface area contributed by atoms with Crippen LogP contribution in [0.25, 0.3) is 0 Å². The molecule has 1 unspecified atom stereocenters. The Morgan fingerprint density at radius 3 is 2.64 bits per heavy atom. The van der Waals surface area contributed by atoms with Gasteiger partial charge in [-0.3, -0.25) is 4.55 Å². The summed E-state index contributed by atoms with van der Waals surface area (Å²) in [5, 5.41) is -0.126. The second kappa shape index (κ2) is 3.75. The van der Waals surface area contributed by atoms with Crippen molar-refractivity contribution in [1.82, 2.24) is 4.72 Å². The molecule has 0 aliphatic carbocycles. The Balaban J connectivity index is 2.36. The molecular formula is C5H11NO3S2. The maximum atomic E-state index is 10.3. The van der Waals surface area contributed by atoms with E-state index in [1.54, 1.807) is 0 Å². The lowest BCUT2D eigenvalue weighted by Gasteiger charge is -2.20. The van der Waals surface area contributed by atoms with Gasteiger partial charge in [-0.2, -0.15) is 13.1 Å². The van der Waals surface area contributed by atoms with E-state index < -0.39 is 10.3 Å². The molecule has 1 saturated heterocycles. The summed E-state index contributed by atoms with van der Waals surface area (Å²) in [6.45, 7) is 0. The smallest absolute Gasteiger partial charge is 0.273 e. The van der Waals surface area contributed by atoms with Crippen LogP contribution in [0.3, 0.4) is 0 Å². The Labute approximate surface area is 70.6 Å². The van der Waals surface area contributed by atoms with Crippen molar-refractivity contribution in [2.75, 3.05) is 5.75 Å². The molecule has 11 heavy (non-hydrogen) atoms. The molecule has 4 nitrogen and oxygen atoms in total. The molecule has 0 spiro atoms. The van der Waals surface area contributed by atoms with Crippen LogP contribution in [0, 0.1) is 0 Å². The van der Waals surface area contributed by atoms with Crippen molar-refractivity contribution in [3.63, 3.8) is 0 Å². The third kappa shape index (κ3) is 3.95. The molecule has 0 saturated carbocycles. The summed E-state index contributed by atoms with van der Waals surface area (Å²) in [6.07, 6.45) is 2.97. The summed E-state index contributed by atoms with van der Waals surface area (Å²) >= 11 is 1.54. The van der Waals surface area contributed by atoms with Crippen molar-refractivity contribution in [3.05, 3.63) is 0 Å². The van der Waals surface area contributed by atoms with E-state index in [1.807, 2.05) is 0 Å².